The molecule has 0 radical (unpaired) electrons. The molecule has 0 aromatic rings. The number of carboxylic acid groups (broad SMARTS) is 2. The van der Waals surface area contributed by atoms with Crippen molar-refractivity contribution < 1.29 is 19.8 Å². The van der Waals surface area contributed by atoms with Gasteiger partial charge in [0.1, 0.15) is 0 Å². The third kappa shape index (κ3) is 2.99. The van der Waals surface area contributed by atoms with Crippen molar-refractivity contribution in [3.8, 4) is 0 Å². The molecule has 2 unspecified atom stereocenters. The number of hydrogen-bond donors (Lipinski definition) is 3. The molecule has 14 heavy (non-hydrogen) atoms. The van der Waals surface area contributed by atoms with E-state index in [0.717, 1.165) is 0 Å². The summed E-state index contributed by atoms with van der Waals surface area (Å²) >= 11 is 0. The molecule has 1 aliphatic rings. The zero-order chi connectivity index (χ0) is 10.6. The summed E-state index contributed by atoms with van der Waals surface area (Å²) in [5.74, 6) is -2.54. The minimum absolute atomic E-state index is 0.0430. The van der Waals surface area contributed by atoms with Crippen molar-refractivity contribution in [1.82, 2.24) is 5.32 Å². The Labute approximate surface area is 82.1 Å². The number of rotatable bonds is 3. The molecule has 0 aliphatic carbocycles. The highest BCUT2D eigenvalue weighted by atomic mass is 16.4. The lowest BCUT2D eigenvalue weighted by Gasteiger charge is -2.18. The number of carboxylic acids is 2. The Morgan fingerprint density at radius 1 is 1.21 bits per heavy atom. The lowest BCUT2D eigenvalue weighted by Crippen LogP contribution is -2.25. The molecule has 0 saturated carbocycles. The fourth-order valence-electron chi connectivity index (χ4n) is 1.90. The van der Waals surface area contributed by atoms with Gasteiger partial charge in [0, 0.05) is 6.42 Å². The molecule has 1 rings (SSSR count). The first-order chi connectivity index (χ1) is 6.61. The Morgan fingerprint density at radius 3 is 2.43 bits per heavy atom. The van der Waals surface area contributed by atoms with Gasteiger partial charge in [-0.1, -0.05) is 0 Å². The van der Waals surface area contributed by atoms with Gasteiger partial charge in [0.15, 0.2) is 0 Å². The summed E-state index contributed by atoms with van der Waals surface area (Å²) in [6, 6.07) is 0. The SMILES string of the molecule is O=C(O)CC1CCNCCC1C(=O)O. The van der Waals surface area contributed by atoms with E-state index in [4.69, 9.17) is 10.2 Å². The summed E-state index contributed by atoms with van der Waals surface area (Å²) in [7, 11) is 0. The predicted octanol–water partition coefficient (Wildman–Crippen LogP) is 0.161. The molecule has 2 atom stereocenters. The van der Waals surface area contributed by atoms with Crippen LogP contribution in [0.15, 0.2) is 0 Å². The lowest BCUT2D eigenvalue weighted by molar-refractivity contribution is -0.145. The first-order valence-corrected chi connectivity index (χ1v) is 4.76. The maximum absolute atomic E-state index is 10.9. The second-order valence-electron chi connectivity index (χ2n) is 3.63. The van der Waals surface area contributed by atoms with Crippen LogP contribution in [0.4, 0.5) is 0 Å². The van der Waals surface area contributed by atoms with Crippen LogP contribution in [0.3, 0.4) is 0 Å². The first-order valence-electron chi connectivity index (χ1n) is 4.76. The highest BCUT2D eigenvalue weighted by molar-refractivity contribution is 5.73. The average Bonchev–Trinajstić information content (AvgIpc) is 2.28. The van der Waals surface area contributed by atoms with E-state index < -0.39 is 17.9 Å². The third-order valence-corrected chi connectivity index (χ3v) is 2.65. The van der Waals surface area contributed by atoms with Crippen molar-refractivity contribution in [1.29, 1.82) is 0 Å². The molecule has 0 spiro atoms. The number of hydrogen-bond acceptors (Lipinski definition) is 3. The highest BCUT2D eigenvalue weighted by Gasteiger charge is 2.30. The van der Waals surface area contributed by atoms with E-state index in [-0.39, 0.29) is 12.3 Å². The largest absolute Gasteiger partial charge is 0.481 e. The van der Waals surface area contributed by atoms with Crippen molar-refractivity contribution in [3.63, 3.8) is 0 Å². The molecule has 1 fully saturated rings. The molecule has 5 nitrogen and oxygen atoms in total. The smallest absolute Gasteiger partial charge is 0.306 e. The van der Waals surface area contributed by atoms with Gasteiger partial charge in [-0.05, 0) is 31.8 Å². The number of nitrogens with one attached hydrogen (secondary N) is 1. The van der Waals surface area contributed by atoms with Gasteiger partial charge in [-0.2, -0.15) is 0 Å². The summed E-state index contributed by atoms with van der Waals surface area (Å²) in [6.07, 6.45) is 1.11. The Kier molecular flexibility index (Phi) is 3.88. The molecule has 80 valence electrons. The molecule has 0 amide bonds. The molecule has 0 bridgehead atoms. The molecular formula is C9H15NO4. The van der Waals surface area contributed by atoms with Crippen LogP contribution in [0.1, 0.15) is 19.3 Å². The molecular weight excluding hydrogens is 186 g/mol. The van der Waals surface area contributed by atoms with Crippen molar-refractivity contribution in [2.24, 2.45) is 11.8 Å². The van der Waals surface area contributed by atoms with Gasteiger partial charge < -0.3 is 15.5 Å². The van der Waals surface area contributed by atoms with E-state index in [1.54, 1.807) is 0 Å². The fourth-order valence-corrected chi connectivity index (χ4v) is 1.90. The minimum atomic E-state index is -0.914. The van der Waals surface area contributed by atoms with Crippen LogP contribution in [0.5, 0.6) is 0 Å². The van der Waals surface area contributed by atoms with E-state index in [9.17, 15) is 9.59 Å². The van der Waals surface area contributed by atoms with Gasteiger partial charge in [-0.15, -0.1) is 0 Å². The maximum atomic E-state index is 10.9. The first kappa shape index (κ1) is 11.0. The van der Waals surface area contributed by atoms with Gasteiger partial charge in [0.25, 0.3) is 0 Å². The van der Waals surface area contributed by atoms with E-state index in [0.29, 0.717) is 25.9 Å². The number of carbonyl (C=O) groups is 2. The molecule has 1 heterocycles. The van der Waals surface area contributed by atoms with Gasteiger partial charge in [0.2, 0.25) is 0 Å². The summed E-state index contributed by atoms with van der Waals surface area (Å²) in [5, 5.41) is 20.6. The van der Waals surface area contributed by atoms with E-state index in [1.807, 2.05) is 0 Å². The summed E-state index contributed by atoms with van der Waals surface area (Å²) in [6.45, 7) is 1.37. The van der Waals surface area contributed by atoms with Gasteiger partial charge in [-0.25, -0.2) is 0 Å². The average molecular weight is 201 g/mol. The number of aliphatic carboxylic acids is 2. The quantitative estimate of drug-likeness (QED) is 0.605. The van der Waals surface area contributed by atoms with Crippen molar-refractivity contribution >= 4 is 11.9 Å². The second-order valence-corrected chi connectivity index (χ2v) is 3.63. The molecule has 0 aromatic carbocycles. The molecule has 0 aromatic heterocycles. The van der Waals surface area contributed by atoms with Crippen LogP contribution in [0, 0.1) is 11.8 Å². The molecule has 5 heteroatoms. The van der Waals surface area contributed by atoms with Crippen molar-refractivity contribution in [2.45, 2.75) is 19.3 Å². The maximum Gasteiger partial charge on any atom is 0.306 e. The zero-order valence-electron chi connectivity index (χ0n) is 7.90. The summed E-state index contributed by atoms with van der Waals surface area (Å²) < 4.78 is 0. The van der Waals surface area contributed by atoms with Crippen LogP contribution in [-0.2, 0) is 9.59 Å². The Bertz CT molecular complexity index is 229. The Hall–Kier alpha value is -1.10. The topological polar surface area (TPSA) is 86.6 Å². The van der Waals surface area contributed by atoms with Crippen molar-refractivity contribution in [3.05, 3.63) is 0 Å². The summed E-state index contributed by atoms with van der Waals surface area (Å²) in [4.78, 5) is 21.4. The van der Waals surface area contributed by atoms with Crippen LogP contribution in [0.25, 0.3) is 0 Å². The Balaban J connectivity index is 2.63. The molecule has 1 saturated heterocycles. The minimum Gasteiger partial charge on any atom is -0.481 e. The Morgan fingerprint density at radius 2 is 1.86 bits per heavy atom. The van der Waals surface area contributed by atoms with Crippen LogP contribution >= 0.6 is 0 Å². The molecule has 1 aliphatic heterocycles. The van der Waals surface area contributed by atoms with Gasteiger partial charge in [0.05, 0.1) is 5.92 Å². The highest BCUT2D eigenvalue weighted by Crippen LogP contribution is 2.24. The van der Waals surface area contributed by atoms with E-state index in [2.05, 4.69) is 5.32 Å². The van der Waals surface area contributed by atoms with Crippen LogP contribution in [-0.4, -0.2) is 35.2 Å². The van der Waals surface area contributed by atoms with Crippen molar-refractivity contribution in [2.75, 3.05) is 13.1 Å². The van der Waals surface area contributed by atoms with Gasteiger partial charge >= 0.3 is 11.9 Å². The van der Waals surface area contributed by atoms with Crippen LogP contribution in [0.2, 0.25) is 0 Å². The molecule has 3 N–H and O–H groups in total. The normalized spacial score (nSPS) is 28.0. The van der Waals surface area contributed by atoms with E-state index in [1.165, 1.54) is 0 Å². The summed E-state index contributed by atoms with van der Waals surface area (Å²) in [5.41, 5.74) is 0. The zero-order valence-corrected chi connectivity index (χ0v) is 7.90. The monoisotopic (exact) mass is 201 g/mol. The lowest BCUT2D eigenvalue weighted by atomic mass is 9.85. The standard InChI is InChI=1S/C9H15NO4/c11-8(12)5-6-1-3-10-4-2-7(6)9(13)14/h6-7,10H,1-5H2,(H,11,12)(H,13,14). The second kappa shape index (κ2) is 4.95. The van der Waals surface area contributed by atoms with Gasteiger partial charge in [-0.3, -0.25) is 9.59 Å². The van der Waals surface area contributed by atoms with E-state index >= 15 is 0 Å². The third-order valence-electron chi connectivity index (χ3n) is 2.65. The predicted molar refractivity (Wildman–Crippen MR) is 49.0 cm³/mol. The van der Waals surface area contributed by atoms with Crippen LogP contribution < -0.4 is 5.32 Å². The fraction of sp³-hybridized carbons (Fsp3) is 0.778.